The van der Waals surface area contributed by atoms with Crippen molar-refractivity contribution in [1.82, 2.24) is 4.90 Å². The van der Waals surface area contributed by atoms with Crippen LogP contribution in [0.3, 0.4) is 0 Å². The zero-order chi connectivity index (χ0) is 13.3. The third-order valence-electron chi connectivity index (χ3n) is 5.14. The Labute approximate surface area is 111 Å². The van der Waals surface area contributed by atoms with E-state index < -0.39 is 5.97 Å². The fourth-order valence-corrected chi connectivity index (χ4v) is 4.18. The number of hydrogen-bond acceptors (Lipinski definition) is 2. The van der Waals surface area contributed by atoms with E-state index in [1.54, 1.807) is 0 Å². The Morgan fingerprint density at radius 1 is 1.11 bits per heavy atom. The largest absolute Gasteiger partial charge is 0.481 e. The van der Waals surface area contributed by atoms with Crippen LogP contribution in [0.15, 0.2) is 0 Å². The molecular weight excluding hydrogens is 226 g/mol. The van der Waals surface area contributed by atoms with Crippen LogP contribution in [0.4, 0.5) is 0 Å². The minimum Gasteiger partial charge on any atom is -0.481 e. The first-order valence-electron chi connectivity index (χ1n) is 7.49. The molecule has 0 amide bonds. The molecule has 3 nitrogen and oxygen atoms in total. The Bertz CT molecular complexity index is 295. The number of carboxylic acids is 1. The lowest BCUT2D eigenvalue weighted by Gasteiger charge is -2.48. The van der Waals surface area contributed by atoms with Crippen LogP contribution in [0, 0.1) is 17.8 Å². The molecule has 4 unspecified atom stereocenters. The third kappa shape index (κ3) is 2.71. The summed E-state index contributed by atoms with van der Waals surface area (Å²) < 4.78 is 0. The molecule has 0 aromatic carbocycles. The maximum atomic E-state index is 11.1. The SMILES string of the molecule is CC1CCCC(C)C1N1CCC(C(=O)O)CC1C. The monoisotopic (exact) mass is 253 g/mol. The molecule has 1 aliphatic carbocycles. The molecule has 0 spiro atoms. The van der Waals surface area contributed by atoms with Crippen molar-refractivity contribution in [3.05, 3.63) is 0 Å². The number of piperidine rings is 1. The zero-order valence-corrected chi connectivity index (χ0v) is 11.9. The molecule has 0 radical (unpaired) electrons. The molecule has 1 saturated carbocycles. The molecule has 0 bridgehead atoms. The van der Waals surface area contributed by atoms with Crippen molar-refractivity contribution in [1.29, 1.82) is 0 Å². The van der Waals surface area contributed by atoms with Gasteiger partial charge >= 0.3 is 5.97 Å². The van der Waals surface area contributed by atoms with Gasteiger partial charge < -0.3 is 5.11 Å². The van der Waals surface area contributed by atoms with Crippen LogP contribution in [0.5, 0.6) is 0 Å². The van der Waals surface area contributed by atoms with Crippen LogP contribution in [-0.2, 0) is 4.79 Å². The molecule has 1 heterocycles. The Hall–Kier alpha value is -0.570. The van der Waals surface area contributed by atoms with Gasteiger partial charge in [-0.25, -0.2) is 0 Å². The second-order valence-corrected chi connectivity index (χ2v) is 6.52. The quantitative estimate of drug-likeness (QED) is 0.822. The van der Waals surface area contributed by atoms with Gasteiger partial charge in [-0.3, -0.25) is 9.69 Å². The number of rotatable bonds is 2. The molecule has 0 aromatic rings. The molecule has 0 aromatic heterocycles. The molecule has 104 valence electrons. The van der Waals surface area contributed by atoms with Crippen LogP contribution >= 0.6 is 0 Å². The van der Waals surface area contributed by atoms with Crippen molar-refractivity contribution in [2.75, 3.05) is 6.54 Å². The summed E-state index contributed by atoms with van der Waals surface area (Å²) in [6, 6.07) is 1.09. The van der Waals surface area contributed by atoms with Gasteiger partial charge in [0.1, 0.15) is 0 Å². The number of nitrogens with zero attached hydrogens (tertiary/aromatic N) is 1. The summed E-state index contributed by atoms with van der Waals surface area (Å²) in [6.45, 7) is 7.92. The number of likely N-dealkylation sites (tertiary alicyclic amines) is 1. The van der Waals surface area contributed by atoms with Gasteiger partial charge in [-0.15, -0.1) is 0 Å². The molecule has 1 aliphatic heterocycles. The fraction of sp³-hybridized carbons (Fsp3) is 0.933. The highest BCUT2D eigenvalue weighted by Gasteiger charge is 2.38. The molecule has 1 N–H and O–H groups in total. The van der Waals surface area contributed by atoms with Gasteiger partial charge in [0.05, 0.1) is 5.92 Å². The van der Waals surface area contributed by atoms with Gasteiger partial charge in [-0.05, 0) is 51.0 Å². The average molecular weight is 253 g/mol. The lowest BCUT2D eigenvalue weighted by Crippen LogP contribution is -2.53. The first-order chi connectivity index (χ1) is 8.50. The van der Waals surface area contributed by atoms with Crippen molar-refractivity contribution < 1.29 is 9.90 Å². The summed E-state index contributed by atoms with van der Waals surface area (Å²) >= 11 is 0. The minimum atomic E-state index is -0.605. The fourth-order valence-electron chi connectivity index (χ4n) is 4.18. The van der Waals surface area contributed by atoms with E-state index in [0.717, 1.165) is 31.2 Å². The lowest BCUT2D eigenvalue weighted by molar-refractivity contribution is -0.144. The standard InChI is InChI=1S/C15H27NO2/c1-10-5-4-6-11(2)14(10)16-8-7-13(15(17)18)9-12(16)3/h10-14H,4-9H2,1-3H3,(H,17,18). The normalized spacial score (nSPS) is 42.7. The highest BCUT2D eigenvalue weighted by molar-refractivity contribution is 5.70. The summed E-state index contributed by atoms with van der Waals surface area (Å²) in [5.41, 5.74) is 0. The molecule has 18 heavy (non-hydrogen) atoms. The maximum Gasteiger partial charge on any atom is 0.306 e. The van der Waals surface area contributed by atoms with Gasteiger partial charge in [-0.1, -0.05) is 20.3 Å². The number of aliphatic carboxylic acids is 1. The lowest BCUT2D eigenvalue weighted by atomic mass is 9.76. The predicted molar refractivity (Wildman–Crippen MR) is 72.5 cm³/mol. The van der Waals surface area contributed by atoms with Crippen LogP contribution < -0.4 is 0 Å². The summed E-state index contributed by atoms with van der Waals surface area (Å²) in [6.07, 6.45) is 5.68. The van der Waals surface area contributed by atoms with Gasteiger partial charge in [0.15, 0.2) is 0 Å². The Kier molecular flexibility index (Phi) is 4.31. The van der Waals surface area contributed by atoms with Gasteiger partial charge in [-0.2, -0.15) is 0 Å². The van der Waals surface area contributed by atoms with Gasteiger partial charge in [0, 0.05) is 12.1 Å². The summed E-state index contributed by atoms with van der Waals surface area (Å²) in [5.74, 6) is 0.798. The Morgan fingerprint density at radius 2 is 1.72 bits per heavy atom. The molecule has 2 rings (SSSR count). The molecule has 4 atom stereocenters. The number of hydrogen-bond donors (Lipinski definition) is 1. The van der Waals surface area contributed by atoms with E-state index in [0.29, 0.717) is 12.1 Å². The van der Waals surface area contributed by atoms with E-state index in [1.165, 1.54) is 19.3 Å². The highest BCUT2D eigenvalue weighted by atomic mass is 16.4. The Morgan fingerprint density at radius 3 is 2.22 bits per heavy atom. The van der Waals surface area contributed by atoms with Crippen LogP contribution in [-0.4, -0.2) is 34.6 Å². The second-order valence-electron chi connectivity index (χ2n) is 6.52. The topological polar surface area (TPSA) is 40.5 Å². The van der Waals surface area contributed by atoms with E-state index in [9.17, 15) is 4.79 Å². The smallest absolute Gasteiger partial charge is 0.306 e. The van der Waals surface area contributed by atoms with Gasteiger partial charge in [0.25, 0.3) is 0 Å². The van der Waals surface area contributed by atoms with Crippen molar-refractivity contribution in [3.63, 3.8) is 0 Å². The zero-order valence-electron chi connectivity index (χ0n) is 11.9. The maximum absolute atomic E-state index is 11.1. The third-order valence-corrected chi connectivity index (χ3v) is 5.14. The van der Waals surface area contributed by atoms with Crippen molar-refractivity contribution >= 4 is 5.97 Å². The summed E-state index contributed by atoms with van der Waals surface area (Å²) in [5, 5.41) is 9.14. The minimum absolute atomic E-state index is 0.120. The summed E-state index contributed by atoms with van der Waals surface area (Å²) in [4.78, 5) is 13.7. The second kappa shape index (κ2) is 5.60. The number of carboxylic acid groups (broad SMARTS) is 1. The van der Waals surface area contributed by atoms with Crippen LogP contribution in [0.25, 0.3) is 0 Å². The van der Waals surface area contributed by atoms with Crippen molar-refractivity contribution in [3.8, 4) is 0 Å². The van der Waals surface area contributed by atoms with Gasteiger partial charge in [0.2, 0.25) is 0 Å². The predicted octanol–water partition coefficient (Wildman–Crippen LogP) is 3.00. The summed E-state index contributed by atoms with van der Waals surface area (Å²) in [7, 11) is 0. The average Bonchev–Trinajstić information content (AvgIpc) is 2.30. The molecule has 3 heteroatoms. The highest BCUT2D eigenvalue weighted by Crippen LogP contribution is 2.36. The number of carbonyl (C=O) groups is 1. The van der Waals surface area contributed by atoms with Crippen LogP contribution in [0.2, 0.25) is 0 Å². The van der Waals surface area contributed by atoms with Crippen LogP contribution in [0.1, 0.15) is 52.9 Å². The van der Waals surface area contributed by atoms with E-state index in [-0.39, 0.29) is 5.92 Å². The van der Waals surface area contributed by atoms with E-state index in [1.807, 2.05) is 0 Å². The molecule has 1 saturated heterocycles. The van der Waals surface area contributed by atoms with Crippen molar-refractivity contribution in [2.24, 2.45) is 17.8 Å². The first-order valence-corrected chi connectivity index (χ1v) is 7.49. The van der Waals surface area contributed by atoms with E-state index in [2.05, 4.69) is 25.7 Å². The Balaban J connectivity index is 2.03. The van der Waals surface area contributed by atoms with E-state index in [4.69, 9.17) is 5.11 Å². The molecule has 2 aliphatic rings. The first kappa shape index (κ1) is 13.9. The molecule has 2 fully saturated rings. The molecular formula is C15H27NO2. The van der Waals surface area contributed by atoms with E-state index >= 15 is 0 Å². The van der Waals surface area contributed by atoms with Crippen molar-refractivity contribution in [2.45, 2.75) is 65.0 Å².